The fourth-order valence-corrected chi connectivity index (χ4v) is 2.49. The van der Waals surface area contributed by atoms with Gasteiger partial charge in [-0.25, -0.2) is 0 Å². The molecule has 2 aromatic rings. The third kappa shape index (κ3) is 3.83. The quantitative estimate of drug-likeness (QED) is 0.230. The third-order valence-corrected chi connectivity index (χ3v) is 4.02. The van der Waals surface area contributed by atoms with Gasteiger partial charge in [0.15, 0.2) is 0 Å². The molecule has 0 saturated carbocycles. The molecule has 2 rings (SSSR count). The van der Waals surface area contributed by atoms with Crippen LogP contribution < -0.4 is 9.47 Å². The number of rotatable bonds is 5. The van der Waals surface area contributed by atoms with Crippen LogP contribution in [0, 0.1) is 25.0 Å². The van der Waals surface area contributed by atoms with Crippen LogP contribution in [-0.4, -0.2) is 19.1 Å². The first kappa shape index (κ1) is 17.7. The highest BCUT2D eigenvalue weighted by atomic mass is 127. The van der Waals surface area contributed by atoms with Gasteiger partial charge in [-0.2, -0.15) is 5.26 Å². The molecule has 0 saturated heterocycles. The smallest absolute Gasteiger partial charge is 0.311 e. The molecule has 0 fully saturated rings. The molecule has 7 heteroatoms. The zero-order valence-electron chi connectivity index (χ0n) is 12.9. The van der Waals surface area contributed by atoms with E-state index in [-0.39, 0.29) is 11.4 Å². The van der Waals surface area contributed by atoms with E-state index in [4.69, 9.17) is 9.47 Å². The second-order valence-electron chi connectivity index (χ2n) is 4.70. The van der Waals surface area contributed by atoms with E-state index in [0.29, 0.717) is 16.9 Å². The third-order valence-electron chi connectivity index (χ3n) is 3.30. The molecule has 0 amide bonds. The van der Waals surface area contributed by atoms with Crippen molar-refractivity contribution in [1.29, 1.82) is 5.26 Å². The van der Waals surface area contributed by atoms with Crippen LogP contribution in [-0.2, 0) is 0 Å². The number of hydrogen-bond acceptors (Lipinski definition) is 5. The van der Waals surface area contributed by atoms with Gasteiger partial charge >= 0.3 is 5.69 Å². The molecule has 24 heavy (non-hydrogen) atoms. The fourth-order valence-electron chi connectivity index (χ4n) is 2.13. The van der Waals surface area contributed by atoms with Gasteiger partial charge in [0, 0.05) is 21.3 Å². The molecule has 0 aliphatic heterocycles. The van der Waals surface area contributed by atoms with Crippen molar-refractivity contribution < 1.29 is 14.4 Å². The number of nitrogens with zero attached hydrogens (tertiary/aromatic N) is 2. The van der Waals surface area contributed by atoms with Crippen LogP contribution >= 0.6 is 22.6 Å². The molecule has 0 unspecified atom stereocenters. The Morgan fingerprint density at radius 3 is 2.33 bits per heavy atom. The number of benzene rings is 2. The lowest BCUT2D eigenvalue weighted by molar-refractivity contribution is -0.385. The molecule has 0 aliphatic carbocycles. The zero-order chi connectivity index (χ0) is 17.7. The number of nitro groups is 1. The van der Waals surface area contributed by atoms with Gasteiger partial charge in [0.05, 0.1) is 30.8 Å². The average Bonchev–Trinajstić information content (AvgIpc) is 2.59. The largest absolute Gasteiger partial charge is 0.496 e. The van der Waals surface area contributed by atoms with Crippen LogP contribution in [0.3, 0.4) is 0 Å². The maximum atomic E-state index is 11.2. The minimum atomic E-state index is -0.535. The normalized spacial score (nSPS) is 10.8. The molecule has 0 N–H and O–H groups in total. The number of methoxy groups -OCH3 is 2. The monoisotopic (exact) mass is 436 g/mol. The summed E-state index contributed by atoms with van der Waals surface area (Å²) in [6.45, 7) is 0. The van der Waals surface area contributed by atoms with Crippen LogP contribution in [0.5, 0.6) is 11.5 Å². The highest BCUT2D eigenvalue weighted by molar-refractivity contribution is 14.1. The van der Waals surface area contributed by atoms with E-state index in [1.807, 2.05) is 24.3 Å². The second-order valence-corrected chi connectivity index (χ2v) is 5.95. The summed E-state index contributed by atoms with van der Waals surface area (Å²) in [5, 5.41) is 20.6. The summed E-state index contributed by atoms with van der Waals surface area (Å²) in [5.74, 6) is 0.484. The summed E-state index contributed by atoms with van der Waals surface area (Å²) in [6.07, 6.45) is 1.56. The van der Waals surface area contributed by atoms with E-state index in [2.05, 4.69) is 28.7 Å². The Bertz CT molecular complexity index is 839. The number of halogens is 1. The van der Waals surface area contributed by atoms with Crippen molar-refractivity contribution in [1.82, 2.24) is 0 Å². The SMILES string of the molecule is COc1cc(OC)c([N+](=O)[O-])cc1/C=C(/C#N)c1ccc(I)cc1. The minimum Gasteiger partial charge on any atom is -0.496 e. The van der Waals surface area contributed by atoms with E-state index in [1.165, 1.54) is 26.4 Å². The van der Waals surface area contributed by atoms with Crippen LogP contribution in [0.15, 0.2) is 36.4 Å². The Morgan fingerprint density at radius 1 is 1.21 bits per heavy atom. The first-order valence-electron chi connectivity index (χ1n) is 6.78. The Labute approximate surface area is 152 Å². The topological polar surface area (TPSA) is 85.4 Å². The molecule has 6 nitrogen and oxygen atoms in total. The van der Waals surface area contributed by atoms with Gasteiger partial charge in [0.2, 0.25) is 5.75 Å². The van der Waals surface area contributed by atoms with Crippen molar-refractivity contribution in [2.75, 3.05) is 14.2 Å². The maximum absolute atomic E-state index is 11.2. The van der Waals surface area contributed by atoms with Crippen LogP contribution in [0.25, 0.3) is 11.6 Å². The standard InChI is InChI=1S/C17H13IN2O4/c1-23-16-9-17(24-2)15(20(21)22)8-12(16)7-13(10-19)11-3-5-14(18)6-4-11/h3-9H,1-2H3/b13-7-. The van der Waals surface area contributed by atoms with Gasteiger partial charge in [0.1, 0.15) is 5.75 Å². The molecule has 0 heterocycles. The number of ether oxygens (including phenoxy) is 2. The Hall–Kier alpha value is -2.60. The summed E-state index contributed by atoms with van der Waals surface area (Å²) in [7, 11) is 2.80. The lowest BCUT2D eigenvalue weighted by atomic mass is 10.0. The molecule has 0 spiro atoms. The first-order chi connectivity index (χ1) is 11.5. The number of allylic oxidation sites excluding steroid dienone is 1. The summed E-state index contributed by atoms with van der Waals surface area (Å²) < 4.78 is 11.3. The minimum absolute atomic E-state index is 0.0989. The number of nitro benzene ring substituents is 1. The molecule has 0 aromatic heterocycles. The average molecular weight is 436 g/mol. The van der Waals surface area contributed by atoms with Gasteiger partial charge in [0.25, 0.3) is 0 Å². The molecule has 0 atom stereocenters. The molecule has 0 bridgehead atoms. The van der Waals surface area contributed by atoms with E-state index in [9.17, 15) is 15.4 Å². The maximum Gasteiger partial charge on any atom is 0.311 e. The van der Waals surface area contributed by atoms with Crippen molar-refractivity contribution in [2.24, 2.45) is 0 Å². The molecular formula is C17H13IN2O4. The van der Waals surface area contributed by atoms with Gasteiger partial charge in [-0.15, -0.1) is 0 Å². The van der Waals surface area contributed by atoms with Gasteiger partial charge in [-0.05, 0) is 46.4 Å². The van der Waals surface area contributed by atoms with Crippen molar-refractivity contribution in [3.8, 4) is 17.6 Å². The highest BCUT2D eigenvalue weighted by Gasteiger charge is 2.19. The molecule has 0 radical (unpaired) electrons. The second kappa shape index (κ2) is 7.79. The Kier molecular flexibility index (Phi) is 5.76. The van der Waals surface area contributed by atoms with Crippen molar-refractivity contribution >= 4 is 39.9 Å². The van der Waals surface area contributed by atoms with Crippen LogP contribution in [0.2, 0.25) is 0 Å². The predicted molar refractivity (Wildman–Crippen MR) is 98.8 cm³/mol. The first-order valence-corrected chi connectivity index (χ1v) is 7.86. The van der Waals surface area contributed by atoms with Crippen molar-refractivity contribution in [3.05, 3.63) is 61.2 Å². The molecule has 0 aliphatic rings. The predicted octanol–water partition coefficient (Wildman–Crippen LogP) is 4.28. The fraction of sp³-hybridized carbons (Fsp3) is 0.118. The van der Waals surface area contributed by atoms with Crippen molar-refractivity contribution in [3.63, 3.8) is 0 Å². The van der Waals surface area contributed by atoms with Crippen molar-refractivity contribution in [2.45, 2.75) is 0 Å². The van der Waals surface area contributed by atoms with Gasteiger partial charge < -0.3 is 9.47 Å². The van der Waals surface area contributed by atoms with Gasteiger partial charge in [-0.3, -0.25) is 10.1 Å². The van der Waals surface area contributed by atoms with Gasteiger partial charge in [-0.1, -0.05) is 12.1 Å². The number of hydrogen-bond donors (Lipinski definition) is 0. The highest BCUT2D eigenvalue weighted by Crippen LogP contribution is 2.36. The van der Waals surface area contributed by atoms with E-state index in [1.54, 1.807) is 6.08 Å². The summed E-state index contributed by atoms with van der Waals surface area (Å²) in [4.78, 5) is 10.7. The molecule has 2 aromatic carbocycles. The van der Waals surface area contributed by atoms with Crippen LogP contribution in [0.4, 0.5) is 5.69 Å². The zero-order valence-corrected chi connectivity index (χ0v) is 15.1. The lowest BCUT2D eigenvalue weighted by Gasteiger charge is -2.09. The summed E-state index contributed by atoms with van der Waals surface area (Å²) >= 11 is 2.17. The lowest BCUT2D eigenvalue weighted by Crippen LogP contribution is -1.97. The summed E-state index contributed by atoms with van der Waals surface area (Å²) in [5.41, 5.74) is 1.34. The van der Waals surface area contributed by atoms with E-state index < -0.39 is 4.92 Å². The molecule has 122 valence electrons. The van der Waals surface area contributed by atoms with Crippen LogP contribution in [0.1, 0.15) is 11.1 Å². The van der Waals surface area contributed by atoms with E-state index >= 15 is 0 Å². The van der Waals surface area contributed by atoms with E-state index in [0.717, 1.165) is 9.13 Å². The number of nitriles is 1. The Morgan fingerprint density at radius 2 is 1.83 bits per heavy atom. The molecular weight excluding hydrogens is 423 g/mol. The summed E-state index contributed by atoms with van der Waals surface area (Å²) in [6, 6.07) is 12.3. The Balaban J connectivity index is 2.61.